The van der Waals surface area contributed by atoms with E-state index in [4.69, 9.17) is 27.9 Å². The van der Waals surface area contributed by atoms with Crippen LogP contribution in [0.2, 0.25) is 10.2 Å². The molecule has 0 saturated heterocycles. The van der Waals surface area contributed by atoms with Crippen LogP contribution in [-0.2, 0) is 17.4 Å². The molecule has 35 heavy (non-hydrogen) atoms. The molecule has 0 aliphatic carbocycles. The fourth-order valence-corrected chi connectivity index (χ4v) is 3.78. The van der Waals surface area contributed by atoms with Crippen LogP contribution in [0.1, 0.15) is 43.8 Å². The Morgan fingerprint density at radius 1 is 1.11 bits per heavy atom. The first-order valence-corrected chi connectivity index (χ1v) is 11.1. The van der Waals surface area contributed by atoms with Crippen molar-refractivity contribution >= 4 is 29.1 Å². The fraction of sp³-hybridized carbons (Fsp3) is 0.304. The number of benzene rings is 1. The van der Waals surface area contributed by atoms with Crippen LogP contribution in [0.25, 0.3) is 11.1 Å². The van der Waals surface area contributed by atoms with Crippen LogP contribution in [0.4, 0.5) is 17.6 Å². The Morgan fingerprint density at radius 2 is 1.80 bits per heavy atom. The molecule has 0 bridgehead atoms. The summed E-state index contributed by atoms with van der Waals surface area (Å²) in [7, 11) is 0. The Bertz CT molecular complexity index is 1220. The number of nitrogens with one attached hydrogen (secondary N) is 1. The Morgan fingerprint density at radius 3 is 2.37 bits per heavy atom. The van der Waals surface area contributed by atoms with E-state index < -0.39 is 35.7 Å². The van der Waals surface area contributed by atoms with Gasteiger partial charge in [-0.3, -0.25) is 14.8 Å². The summed E-state index contributed by atoms with van der Waals surface area (Å²) in [5, 5.41) is 2.53. The Kier molecular flexibility index (Phi) is 8.17. The molecule has 1 N–H and O–H groups in total. The van der Waals surface area contributed by atoms with Gasteiger partial charge >= 0.3 is 6.18 Å². The summed E-state index contributed by atoms with van der Waals surface area (Å²) in [6.45, 7) is 5.03. The van der Waals surface area contributed by atoms with Gasteiger partial charge in [-0.05, 0) is 32.9 Å². The molecule has 0 radical (unpaired) electrons. The maximum atomic E-state index is 15.1. The molecule has 186 valence electrons. The maximum Gasteiger partial charge on any atom is 0.433 e. The fourth-order valence-electron chi connectivity index (χ4n) is 3.29. The van der Waals surface area contributed by atoms with Crippen molar-refractivity contribution in [1.82, 2.24) is 20.3 Å². The highest BCUT2D eigenvalue weighted by Crippen LogP contribution is 2.41. The highest BCUT2D eigenvalue weighted by molar-refractivity contribution is 6.31. The number of pyridine rings is 1. The van der Waals surface area contributed by atoms with Gasteiger partial charge in [-0.2, -0.15) is 13.2 Å². The van der Waals surface area contributed by atoms with Crippen LogP contribution in [0, 0.1) is 5.82 Å². The zero-order chi connectivity index (χ0) is 25.9. The Hall–Kier alpha value is -2.98. The first-order valence-electron chi connectivity index (χ1n) is 10.3. The molecular weight excluding hydrogens is 511 g/mol. The summed E-state index contributed by atoms with van der Waals surface area (Å²) < 4.78 is 59.7. The predicted octanol–water partition coefficient (Wildman–Crippen LogP) is 6.21. The first kappa shape index (κ1) is 26.6. The monoisotopic (exact) mass is 530 g/mol. The minimum Gasteiger partial charge on any atom is -0.490 e. The van der Waals surface area contributed by atoms with Gasteiger partial charge < -0.3 is 10.1 Å². The van der Waals surface area contributed by atoms with E-state index in [9.17, 15) is 18.0 Å². The Labute approximate surface area is 208 Å². The lowest BCUT2D eigenvalue weighted by atomic mass is 9.99. The molecule has 3 aromatic rings. The van der Waals surface area contributed by atoms with E-state index in [0.29, 0.717) is 5.69 Å². The second-order valence-electron chi connectivity index (χ2n) is 7.83. The van der Waals surface area contributed by atoms with E-state index in [1.54, 1.807) is 20.8 Å². The van der Waals surface area contributed by atoms with Gasteiger partial charge in [-0.15, -0.1) is 0 Å². The second kappa shape index (κ2) is 10.7. The van der Waals surface area contributed by atoms with Crippen LogP contribution < -0.4 is 10.1 Å². The summed E-state index contributed by atoms with van der Waals surface area (Å²) in [5.74, 6) is -1.41. The highest BCUT2D eigenvalue weighted by Gasteiger charge is 2.32. The average Bonchev–Trinajstić information content (AvgIpc) is 2.77. The minimum atomic E-state index is -4.66. The molecule has 6 nitrogen and oxygen atoms in total. The van der Waals surface area contributed by atoms with E-state index >= 15 is 4.39 Å². The molecular formula is C23H20Cl2F4N4O2. The summed E-state index contributed by atoms with van der Waals surface area (Å²) in [5.41, 5.74) is -0.730. The van der Waals surface area contributed by atoms with Gasteiger partial charge in [0.05, 0.1) is 34.8 Å². The van der Waals surface area contributed by atoms with Gasteiger partial charge in [0.25, 0.3) is 0 Å². The minimum absolute atomic E-state index is 0.00928. The van der Waals surface area contributed by atoms with E-state index in [1.807, 2.05) is 0 Å². The third-order valence-corrected chi connectivity index (χ3v) is 5.33. The van der Waals surface area contributed by atoms with Crippen LogP contribution in [0.15, 0.2) is 36.8 Å². The summed E-state index contributed by atoms with van der Waals surface area (Å²) in [4.78, 5) is 24.2. The summed E-state index contributed by atoms with van der Waals surface area (Å²) in [6, 6.07) is 2.45. The topological polar surface area (TPSA) is 77.0 Å². The van der Waals surface area contributed by atoms with E-state index in [0.717, 1.165) is 18.3 Å². The smallest absolute Gasteiger partial charge is 0.433 e. The largest absolute Gasteiger partial charge is 0.490 e. The summed E-state index contributed by atoms with van der Waals surface area (Å²) in [6.07, 6.45) is -1.65. The van der Waals surface area contributed by atoms with Crippen molar-refractivity contribution in [2.45, 2.75) is 45.5 Å². The zero-order valence-corrected chi connectivity index (χ0v) is 20.3. The lowest BCUT2D eigenvalue weighted by Crippen LogP contribution is -2.29. The molecule has 2 aromatic heterocycles. The molecule has 12 heteroatoms. The van der Waals surface area contributed by atoms with E-state index in [1.165, 1.54) is 18.5 Å². The lowest BCUT2D eigenvalue weighted by molar-refractivity contribution is -0.141. The van der Waals surface area contributed by atoms with Gasteiger partial charge in [0.2, 0.25) is 5.91 Å². The normalized spacial score (nSPS) is 12.5. The van der Waals surface area contributed by atoms with Crippen molar-refractivity contribution in [2.24, 2.45) is 0 Å². The van der Waals surface area contributed by atoms with Crippen molar-refractivity contribution in [3.05, 3.63) is 69.7 Å². The quantitative estimate of drug-likeness (QED) is 0.367. The molecule has 1 amide bonds. The number of halogens is 6. The van der Waals surface area contributed by atoms with E-state index in [-0.39, 0.29) is 39.0 Å². The SMILES string of the molecule is CC(C)Oc1c(CC(=O)NC(C)c2nccnc2Cl)cc(Cl)c(F)c1-c1ccc(C(F)(F)F)nc1. The van der Waals surface area contributed by atoms with Gasteiger partial charge in [0.15, 0.2) is 11.0 Å². The number of carbonyl (C=O) groups excluding carboxylic acids is 1. The third kappa shape index (κ3) is 6.37. The van der Waals surface area contributed by atoms with E-state index in [2.05, 4.69) is 20.3 Å². The molecule has 2 heterocycles. The van der Waals surface area contributed by atoms with Gasteiger partial charge in [-0.25, -0.2) is 9.37 Å². The number of amides is 1. The number of aromatic nitrogens is 3. The van der Waals surface area contributed by atoms with Crippen molar-refractivity contribution in [3.8, 4) is 16.9 Å². The van der Waals surface area contributed by atoms with Crippen molar-refractivity contribution < 1.29 is 27.1 Å². The van der Waals surface area contributed by atoms with Gasteiger partial charge in [-0.1, -0.05) is 29.3 Å². The van der Waals surface area contributed by atoms with Gasteiger partial charge in [0.1, 0.15) is 11.4 Å². The van der Waals surface area contributed by atoms with Crippen LogP contribution in [0.3, 0.4) is 0 Å². The molecule has 0 fully saturated rings. The first-order chi connectivity index (χ1) is 16.4. The number of ether oxygens (including phenoxy) is 1. The molecule has 1 atom stereocenters. The number of carbonyl (C=O) groups is 1. The second-order valence-corrected chi connectivity index (χ2v) is 8.60. The number of nitrogens with zero attached hydrogens (tertiary/aromatic N) is 3. The third-order valence-electron chi connectivity index (χ3n) is 4.76. The van der Waals surface area contributed by atoms with Crippen molar-refractivity contribution in [1.29, 1.82) is 0 Å². The zero-order valence-electron chi connectivity index (χ0n) is 18.8. The highest BCUT2D eigenvalue weighted by atomic mass is 35.5. The lowest BCUT2D eigenvalue weighted by Gasteiger charge is -2.21. The molecule has 0 aliphatic rings. The van der Waals surface area contributed by atoms with Crippen LogP contribution in [-0.4, -0.2) is 27.0 Å². The van der Waals surface area contributed by atoms with Crippen LogP contribution >= 0.6 is 23.2 Å². The molecule has 0 aliphatic heterocycles. The number of hydrogen-bond acceptors (Lipinski definition) is 5. The van der Waals surface area contributed by atoms with Crippen molar-refractivity contribution in [2.75, 3.05) is 0 Å². The summed E-state index contributed by atoms with van der Waals surface area (Å²) >= 11 is 12.1. The maximum absolute atomic E-state index is 15.1. The standard InChI is InChI=1S/C23H20Cl2F4N4O2/c1-11(2)35-21-14(9-17(34)33-12(3)20-22(25)31-7-6-30-20)8-15(24)19(26)18(21)13-4-5-16(32-10-13)23(27,28)29/h4-8,10-12H,9H2,1-3H3,(H,33,34). The van der Waals surface area contributed by atoms with Crippen molar-refractivity contribution in [3.63, 3.8) is 0 Å². The number of alkyl halides is 3. The molecule has 1 unspecified atom stereocenters. The van der Waals surface area contributed by atoms with Crippen LogP contribution in [0.5, 0.6) is 5.75 Å². The Balaban J connectivity index is 1.99. The molecule has 1 aromatic carbocycles. The van der Waals surface area contributed by atoms with Gasteiger partial charge in [0, 0.05) is 29.7 Å². The molecule has 0 spiro atoms. The number of rotatable bonds is 7. The molecule has 3 rings (SSSR count). The predicted molar refractivity (Wildman–Crippen MR) is 123 cm³/mol. The average molecular weight is 531 g/mol. The number of hydrogen-bond donors (Lipinski definition) is 1. The molecule has 0 saturated carbocycles.